The van der Waals surface area contributed by atoms with E-state index in [0.717, 1.165) is 6.07 Å². The molecule has 1 unspecified atom stereocenters. The van der Waals surface area contributed by atoms with Gasteiger partial charge in [0.25, 0.3) is 0 Å². The molecule has 0 aliphatic rings. The number of rotatable bonds is 4. The van der Waals surface area contributed by atoms with Crippen LogP contribution in [0.3, 0.4) is 0 Å². The zero-order chi connectivity index (χ0) is 15.6. The van der Waals surface area contributed by atoms with E-state index in [4.69, 9.17) is 28.3 Å². The fraction of sp³-hybridized carbons (Fsp3) is 0.0714. The van der Waals surface area contributed by atoms with Crippen LogP contribution in [0.4, 0.5) is 4.39 Å². The topological polar surface area (TPSA) is 54.4 Å². The molecule has 0 heterocycles. The molecule has 0 aromatic heterocycles. The molecule has 21 heavy (non-hydrogen) atoms. The highest BCUT2D eigenvalue weighted by Gasteiger charge is 2.14. The summed E-state index contributed by atoms with van der Waals surface area (Å²) in [5.74, 6) is -1.84. The Bertz CT molecular complexity index is 734. The molecule has 0 fully saturated rings. The van der Waals surface area contributed by atoms with E-state index in [1.165, 1.54) is 30.3 Å². The molecule has 0 aliphatic carbocycles. The first-order valence-electron chi connectivity index (χ1n) is 5.73. The van der Waals surface area contributed by atoms with E-state index >= 15 is 0 Å². The Morgan fingerprint density at radius 1 is 1.19 bits per heavy atom. The van der Waals surface area contributed by atoms with E-state index in [2.05, 4.69) is 0 Å². The third-order valence-electron chi connectivity index (χ3n) is 2.73. The first-order chi connectivity index (χ1) is 9.88. The predicted octanol–water partition coefficient (Wildman–Crippen LogP) is 4.14. The maximum atomic E-state index is 13.7. The molecule has 0 saturated heterocycles. The van der Waals surface area contributed by atoms with Gasteiger partial charge in [0.1, 0.15) is 5.82 Å². The number of carboxylic acids is 1. The largest absolute Gasteiger partial charge is 0.478 e. The summed E-state index contributed by atoms with van der Waals surface area (Å²) in [6.07, 6.45) is 0. The number of carbonyl (C=O) groups is 1. The lowest BCUT2D eigenvalue weighted by Crippen LogP contribution is -2.03. The lowest BCUT2D eigenvalue weighted by Gasteiger charge is -2.06. The molecule has 0 bridgehead atoms. The highest BCUT2D eigenvalue weighted by molar-refractivity contribution is 7.84. The Kier molecular flexibility index (Phi) is 4.98. The van der Waals surface area contributed by atoms with E-state index in [9.17, 15) is 13.4 Å². The molecule has 7 heteroatoms. The molecule has 1 atom stereocenters. The van der Waals surface area contributed by atoms with E-state index in [1.54, 1.807) is 0 Å². The van der Waals surface area contributed by atoms with Crippen molar-refractivity contribution in [2.75, 3.05) is 0 Å². The Morgan fingerprint density at radius 3 is 2.52 bits per heavy atom. The molecule has 0 spiro atoms. The molecule has 2 rings (SSSR count). The van der Waals surface area contributed by atoms with Crippen LogP contribution in [0.5, 0.6) is 0 Å². The van der Waals surface area contributed by atoms with Crippen LogP contribution in [0.2, 0.25) is 10.0 Å². The molecule has 0 saturated carbocycles. The maximum Gasteiger partial charge on any atom is 0.337 e. The Balaban J connectivity index is 2.28. The molecule has 1 N–H and O–H groups in total. The van der Waals surface area contributed by atoms with Gasteiger partial charge in [-0.1, -0.05) is 29.3 Å². The van der Waals surface area contributed by atoms with Gasteiger partial charge in [0.15, 0.2) is 0 Å². The summed E-state index contributed by atoms with van der Waals surface area (Å²) >= 11 is 11.4. The zero-order valence-corrected chi connectivity index (χ0v) is 12.8. The van der Waals surface area contributed by atoms with Crippen molar-refractivity contribution in [2.24, 2.45) is 0 Å². The van der Waals surface area contributed by atoms with Crippen molar-refractivity contribution >= 4 is 40.0 Å². The number of halogens is 3. The van der Waals surface area contributed by atoms with Crippen molar-refractivity contribution < 1.29 is 18.5 Å². The first-order valence-corrected chi connectivity index (χ1v) is 7.81. The Morgan fingerprint density at radius 2 is 1.90 bits per heavy atom. The summed E-state index contributed by atoms with van der Waals surface area (Å²) in [5, 5.41) is 9.29. The van der Waals surface area contributed by atoms with Crippen LogP contribution in [0.15, 0.2) is 41.3 Å². The van der Waals surface area contributed by atoms with Crippen LogP contribution in [0.25, 0.3) is 0 Å². The number of benzene rings is 2. The Labute approximate surface area is 132 Å². The minimum absolute atomic E-state index is 0.0564. The highest BCUT2D eigenvalue weighted by atomic mass is 35.5. The Hall–Kier alpha value is -1.43. The van der Waals surface area contributed by atoms with Crippen LogP contribution in [0, 0.1) is 5.82 Å². The minimum atomic E-state index is -1.59. The van der Waals surface area contributed by atoms with E-state index in [1.807, 2.05) is 0 Å². The summed E-state index contributed by atoms with van der Waals surface area (Å²) in [6, 6.07) is 8.13. The molecule has 3 nitrogen and oxygen atoms in total. The standard InChI is InChI=1S/C14H9Cl2FO3S/c15-9-2-1-8(13(17)5-9)7-21(20)10-3-4-12(16)11(6-10)14(18)19/h1-6H,7H2,(H,18,19). The average molecular weight is 347 g/mol. The van der Waals surface area contributed by atoms with Crippen molar-refractivity contribution in [3.8, 4) is 0 Å². The molecule has 110 valence electrons. The van der Waals surface area contributed by atoms with Gasteiger partial charge in [-0.15, -0.1) is 0 Å². The molecular formula is C14H9Cl2FO3S. The molecule has 2 aromatic rings. The van der Waals surface area contributed by atoms with E-state index in [-0.39, 0.29) is 31.8 Å². The third kappa shape index (κ3) is 3.81. The summed E-state index contributed by atoms with van der Waals surface area (Å²) in [5.41, 5.74) is 0.101. The summed E-state index contributed by atoms with van der Waals surface area (Å²) in [7, 11) is -1.59. The molecule has 0 amide bonds. The zero-order valence-electron chi connectivity index (χ0n) is 10.5. The third-order valence-corrected chi connectivity index (χ3v) is 4.65. The normalized spacial score (nSPS) is 12.1. The van der Waals surface area contributed by atoms with Gasteiger partial charge >= 0.3 is 5.97 Å². The van der Waals surface area contributed by atoms with E-state index in [0.29, 0.717) is 0 Å². The maximum absolute atomic E-state index is 13.7. The van der Waals surface area contributed by atoms with E-state index < -0.39 is 22.6 Å². The van der Waals surface area contributed by atoms with Gasteiger partial charge in [0, 0.05) is 15.5 Å². The lowest BCUT2D eigenvalue weighted by atomic mass is 10.2. The van der Waals surface area contributed by atoms with Crippen molar-refractivity contribution in [1.29, 1.82) is 0 Å². The fourth-order valence-electron chi connectivity index (χ4n) is 1.67. The van der Waals surface area contributed by atoms with Gasteiger partial charge in [0.2, 0.25) is 0 Å². The van der Waals surface area contributed by atoms with Crippen LogP contribution in [-0.2, 0) is 16.6 Å². The predicted molar refractivity (Wildman–Crippen MR) is 79.9 cm³/mol. The van der Waals surface area contributed by atoms with Gasteiger partial charge in [0.05, 0.1) is 27.1 Å². The number of hydrogen-bond acceptors (Lipinski definition) is 2. The van der Waals surface area contributed by atoms with Crippen LogP contribution in [0.1, 0.15) is 15.9 Å². The molecule has 0 aliphatic heterocycles. The SMILES string of the molecule is O=C(O)c1cc(S(=O)Cc2ccc(Cl)cc2F)ccc1Cl. The average Bonchev–Trinajstić information content (AvgIpc) is 2.42. The second-order valence-corrected chi connectivity index (χ2v) is 6.47. The highest BCUT2D eigenvalue weighted by Crippen LogP contribution is 2.22. The second kappa shape index (κ2) is 6.56. The second-order valence-electron chi connectivity index (χ2n) is 4.17. The van der Waals surface area contributed by atoms with Gasteiger partial charge < -0.3 is 5.11 Å². The van der Waals surface area contributed by atoms with Gasteiger partial charge in [-0.25, -0.2) is 9.18 Å². The molecule has 0 radical (unpaired) electrons. The summed E-state index contributed by atoms with van der Waals surface area (Å²) in [4.78, 5) is 11.3. The van der Waals surface area contributed by atoms with Crippen LogP contribution >= 0.6 is 23.2 Å². The summed E-state index contributed by atoms with van der Waals surface area (Å²) in [6.45, 7) is 0. The van der Waals surface area contributed by atoms with Gasteiger partial charge in [-0.05, 0) is 30.3 Å². The molecule has 2 aromatic carbocycles. The number of hydrogen-bond donors (Lipinski definition) is 1. The van der Waals surface area contributed by atoms with Crippen molar-refractivity contribution in [2.45, 2.75) is 10.6 Å². The van der Waals surface area contributed by atoms with Crippen LogP contribution < -0.4 is 0 Å². The number of aromatic carboxylic acids is 1. The number of carboxylic acid groups (broad SMARTS) is 1. The molecular weight excluding hydrogens is 338 g/mol. The smallest absolute Gasteiger partial charge is 0.337 e. The first kappa shape index (κ1) is 15.9. The van der Waals surface area contributed by atoms with Crippen LogP contribution in [-0.4, -0.2) is 15.3 Å². The van der Waals surface area contributed by atoms with Gasteiger partial charge in [-0.2, -0.15) is 0 Å². The fourth-order valence-corrected chi connectivity index (χ4v) is 3.18. The van der Waals surface area contributed by atoms with Crippen molar-refractivity contribution in [3.05, 3.63) is 63.4 Å². The van der Waals surface area contributed by atoms with Crippen molar-refractivity contribution in [3.63, 3.8) is 0 Å². The van der Waals surface area contributed by atoms with Crippen molar-refractivity contribution in [1.82, 2.24) is 0 Å². The summed E-state index contributed by atoms with van der Waals surface area (Å²) < 4.78 is 25.9. The quantitative estimate of drug-likeness (QED) is 0.904. The van der Waals surface area contributed by atoms with Gasteiger partial charge in [-0.3, -0.25) is 4.21 Å². The monoisotopic (exact) mass is 346 g/mol. The minimum Gasteiger partial charge on any atom is -0.478 e. The lowest BCUT2D eigenvalue weighted by molar-refractivity contribution is 0.0697.